The van der Waals surface area contributed by atoms with Crippen molar-refractivity contribution in [3.05, 3.63) is 18.0 Å². The molecule has 100 valence electrons. The summed E-state index contributed by atoms with van der Waals surface area (Å²) in [5, 5.41) is 8.03. The zero-order chi connectivity index (χ0) is 12.8. The summed E-state index contributed by atoms with van der Waals surface area (Å²) in [4.78, 5) is 2.60. The van der Waals surface area contributed by atoms with E-state index in [0.29, 0.717) is 11.6 Å². The van der Waals surface area contributed by atoms with Crippen LogP contribution in [-0.4, -0.2) is 39.4 Å². The minimum atomic E-state index is 0.328. The van der Waals surface area contributed by atoms with Gasteiger partial charge in [-0.3, -0.25) is 9.58 Å². The normalized spacial score (nSPS) is 33.8. The molecule has 2 aliphatic rings. The van der Waals surface area contributed by atoms with Crippen LogP contribution in [0.3, 0.4) is 0 Å². The van der Waals surface area contributed by atoms with Gasteiger partial charge in [-0.15, -0.1) is 0 Å². The Morgan fingerprint density at radius 1 is 1.50 bits per heavy atom. The van der Waals surface area contributed by atoms with Crippen LogP contribution in [0, 0.1) is 5.92 Å². The molecule has 0 bridgehead atoms. The average Bonchev–Trinajstić information content (AvgIpc) is 3.10. The lowest BCUT2D eigenvalue weighted by Crippen LogP contribution is -2.62. The smallest absolute Gasteiger partial charge is 0.0534 e. The molecular weight excluding hydrogens is 224 g/mol. The lowest BCUT2D eigenvalue weighted by molar-refractivity contribution is 0.0770. The molecule has 18 heavy (non-hydrogen) atoms. The van der Waals surface area contributed by atoms with Crippen LogP contribution >= 0.6 is 0 Å². The van der Waals surface area contributed by atoms with Crippen molar-refractivity contribution in [3.63, 3.8) is 0 Å². The first kappa shape index (κ1) is 12.2. The fourth-order valence-electron chi connectivity index (χ4n) is 3.14. The number of hydrogen-bond acceptors (Lipinski definition) is 3. The van der Waals surface area contributed by atoms with Crippen molar-refractivity contribution in [2.24, 2.45) is 13.0 Å². The van der Waals surface area contributed by atoms with Crippen LogP contribution in [0.4, 0.5) is 0 Å². The Morgan fingerprint density at radius 2 is 2.28 bits per heavy atom. The highest BCUT2D eigenvalue weighted by Gasteiger charge is 2.45. The van der Waals surface area contributed by atoms with Gasteiger partial charge in [-0.25, -0.2) is 0 Å². The molecule has 0 spiro atoms. The summed E-state index contributed by atoms with van der Waals surface area (Å²) in [6.45, 7) is 8.00. The third kappa shape index (κ3) is 2.31. The first-order valence-corrected chi connectivity index (χ1v) is 7.03. The third-order valence-corrected chi connectivity index (χ3v) is 4.58. The van der Waals surface area contributed by atoms with E-state index in [1.807, 2.05) is 17.9 Å². The third-order valence-electron chi connectivity index (χ3n) is 4.58. The van der Waals surface area contributed by atoms with Gasteiger partial charge in [-0.1, -0.05) is 0 Å². The summed E-state index contributed by atoms with van der Waals surface area (Å²) in [6, 6.07) is 0.608. The number of aromatic nitrogens is 2. The summed E-state index contributed by atoms with van der Waals surface area (Å²) in [5.41, 5.74) is 1.65. The van der Waals surface area contributed by atoms with E-state index < -0.39 is 0 Å². The van der Waals surface area contributed by atoms with Gasteiger partial charge in [0.05, 0.1) is 6.20 Å². The van der Waals surface area contributed by atoms with Crippen molar-refractivity contribution < 1.29 is 0 Å². The van der Waals surface area contributed by atoms with Crippen LogP contribution in [0.5, 0.6) is 0 Å². The van der Waals surface area contributed by atoms with Crippen molar-refractivity contribution in [2.75, 3.05) is 13.1 Å². The second-order valence-electron chi connectivity index (χ2n) is 6.35. The van der Waals surface area contributed by atoms with E-state index in [-0.39, 0.29) is 0 Å². The topological polar surface area (TPSA) is 33.1 Å². The quantitative estimate of drug-likeness (QED) is 0.877. The first-order valence-electron chi connectivity index (χ1n) is 7.03. The van der Waals surface area contributed by atoms with E-state index in [1.165, 1.54) is 18.4 Å². The molecule has 4 heteroatoms. The molecule has 1 saturated carbocycles. The fraction of sp³-hybridized carbons (Fsp3) is 0.786. The standard InChI is InChI=1S/C14H24N4/c1-11-6-15-14(2,13-4-5-13)10-18(11)9-12-7-16-17(3)8-12/h7-8,11,13,15H,4-6,9-10H2,1-3H3. The molecule has 4 nitrogen and oxygen atoms in total. The SMILES string of the molecule is CC1CNC(C)(C2CC2)CN1Cc1cnn(C)c1. The molecule has 1 aromatic rings. The fourth-order valence-corrected chi connectivity index (χ4v) is 3.14. The predicted octanol–water partition coefficient (Wildman–Crippen LogP) is 1.38. The van der Waals surface area contributed by atoms with E-state index in [0.717, 1.165) is 25.6 Å². The van der Waals surface area contributed by atoms with Crippen LogP contribution in [0.15, 0.2) is 12.4 Å². The second-order valence-corrected chi connectivity index (χ2v) is 6.35. The largest absolute Gasteiger partial charge is 0.308 e. The molecule has 0 aromatic carbocycles. The molecule has 2 fully saturated rings. The highest BCUT2D eigenvalue weighted by atomic mass is 15.3. The van der Waals surface area contributed by atoms with Gasteiger partial charge in [-0.2, -0.15) is 5.10 Å². The zero-order valence-electron chi connectivity index (χ0n) is 11.7. The van der Waals surface area contributed by atoms with Gasteiger partial charge in [0.25, 0.3) is 0 Å². The molecule has 1 saturated heterocycles. The first-order chi connectivity index (χ1) is 8.57. The Kier molecular flexibility index (Phi) is 2.94. The molecule has 1 aliphatic carbocycles. The molecule has 0 amide bonds. The Balaban J connectivity index is 1.69. The maximum Gasteiger partial charge on any atom is 0.0534 e. The van der Waals surface area contributed by atoms with Gasteiger partial charge in [-0.05, 0) is 32.6 Å². The van der Waals surface area contributed by atoms with Crippen LogP contribution in [0.25, 0.3) is 0 Å². The molecule has 1 N–H and O–H groups in total. The molecule has 2 atom stereocenters. The van der Waals surface area contributed by atoms with Crippen molar-refractivity contribution in [2.45, 2.75) is 44.8 Å². The predicted molar refractivity (Wildman–Crippen MR) is 72.2 cm³/mol. The second kappa shape index (κ2) is 4.35. The van der Waals surface area contributed by atoms with Crippen LogP contribution < -0.4 is 5.32 Å². The minimum Gasteiger partial charge on any atom is -0.308 e. The number of aryl methyl sites for hydroxylation is 1. The number of nitrogens with one attached hydrogen (secondary N) is 1. The molecule has 0 radical (unpaired) electrons. The van der Waals surface area contributed by atoms with E-state index in [1.54, 1.807) is 0 Å². The number of hydrogen-bond donors (Lipinski definition) is 1. The van der Waals surface area contributed by atoms with Crippen LogP contribution in [-0.2, 0) is 13.6 Å². The van der Waals surface area contributed by atoms with Gasteiger partial charge in [0.2, 0.25) is 0 Å². The summed E-state index contributed by atoms with van der Waals surface area (Å²) >= 11 is 0. The van der Waals surface area contributed by atoms with Crippen LogP contribution in [0.1, 0.15) is 32.3 Å². The molecule has 3 rings (SSSR count). The molecular formula is C14H24N4. The van der Waals surface area contributed by atoms with E-state index in [4.69, 9.17) is 0 Å². The molecule has 2 heterocycles. The Bertz CT molecular complexity index is 423. The lowest BCUT2D eigenvalue weighted by atomic mass is 9.91. The van der Waals surface area contributed by atoms with Gasteiger partial charge in [0.1, 0.15) is 0 Å². The molecule has 1 aliphatic heterocycles. The van der Waals surface area contributed by atoms with Gasteiger partial charge >= 0.3 is 0 Å². The number of nitrogens with zero attached hydrogens (tertiary/aromatic N) is 3. The number of rotatable bonds is 3. The molecule has 2 unspecified atom stereocenters. The average molecular weight is 248 g/mol. The van der Waals surface area contributed by atoms with Crippen molar-refractivity contribution in [1.82, 2.24) is 20.0 Å². The van der Waals surface area contributed by atoms with E-state index in [2.05, 4.69) is 35.4 Å². The Hall–Kier alpha value is -0.870. The van der Waals surface area contributed by atoms with Gasteiger partial charge in [0, 0.05) is 50.0 Å². The van der Waals surface area contributed by atoms with Crippen molar-refractivity contribution in [1.29, 1.82) is 0 Å². The lowest BCUT2D eigenvalue weighted by Gasteiger charge is -2.45. The highest BCUT2D eigenvalue weighted by Crippen LogP contribution is 2.41. The Morgan fingerprint density at radius 3 is 2.89 bits per heavy atom. The monoisotopic (exact) mass is 248 g/mol. The summed E-state index contributed by atoms with van der Waals surface area (Å²) < 4.78 is 1.89. The highest BCUT2D eigenvalue weighted by molar-refractivity contribution is 5.08. The summed E-state index contributed by atoms with van der Waals surface area (Å²) in [5.74, 6) is 0.890. The minimum absolute atomic E-state index is 0.328. The van der Waals surface area contributed by atoms with Crippen molar-refractivity contribution in [3.8, 4) is 0 Å². The van der Waals surface area contributed by atoms with Gasteiger partial charge in [0.15, 0.2) is 0 Å². The summed E-state index contributed by atoms with van der Waals surface area (Å²) in [7, 11) is 1.99. The number of piperazine rings is 1. The maximum atomic E-state index is 4.27. The maximum absolute atomic E-state index is 4.27. The molecule has 1 aromatic heterocycles. The zero-order valence-corrected chi connectivity index (χ0v) is 11.7. The van der Waals surface area contributed by atoms with E-state index in [9.17, 15) is 0 Å². The summed E-state index contributed by atoms with van der Waals surface area (Å²) in [6.07, 6.45) is 6.92. The van der Waals surface area contributed by atoms with Crippen LogP contribution in [0.2, 0.25) is 0 Å². The van der Waals surface area contributed by atoms with E-state index >= 15 is 0 Å². The Labute approximate surface area is 109 Å². The van der Waals surface area contributed by atoms with Crippen molar-refractivity contribution >= 4 is 0 Å². The van der Waals surface area contributed by atoms with Gasteiger partial charge < -0.3 is 5.32 Å².